The Morgan fingerprint density at radius 1 is 1.00 bits per heavy atom. The summed E-state index contributed by atoms with van der Waals surface area (Å²) in [5.41, 5.74) is 2.59. The van der Waals surface area contributed by atoms with Gasteiger partial charge in [0.2, 0.25) is 5.95 Å². The first-order valence-electron chi connectivity index (χ1n) is 11.4. The number of ether oxygens (including phenoxy) is 1. The van der Waals surface area contributed by atoms with Crippen LogP contribution in [0.3, 0.4) is 0 Å². The first-order chi connectivity index (χ1) is 16.9. The van der Waals surface area contributed by atoms with Crippen molar-refractivity contribution in [1.29, 1.82) is 0 Å². The lowest BCUT2D eigenvalue weighted by atomic mass is 10.2. The molecule has 1 amide bonds. The highest BCUT2D eigenvalue weighted by molar-refractivity contribution is 7.92. The van der Waals surface area contributed by atoms with Crippen molar-refractivity contribution in [3.05, 3.63) is 84.4 Å². The quantitative estimate of drug-likeness (QED) is 0.328. The zero-order valence-electron chi connectivity index (χ0n) is 19.7. The molecule has 8 nitrogen and oxygen atoms in total. The number of para-hydroxylation sites is 3. The van der Waals surface area contributed by atoms with Crippen LogP contribution in [-0.2, 0) is 21.3 Å². The van der Waals surface area contributed by atoms with E-state index in [1.165, 1.54) is 35.6 Å². The minimum atomic E-state index is -3.76. The van der Waals surface area contributed by atoms with Crippen molar-refractivity contribution in [1.82, 2.24) is 9.55 Å². The highest BCUT2D eigenvalue weighted by atomic mass is 32.2. The average molecular weight is 493 g/mol. The number of carbonyl (C=O) groups excluding carboxylic acids is 1. The molecule has 0 unspecified atom stereocenters. The van der Waals surface area contributed by atoms with Gasteiger partial charge in [0.1, 0.15) is 0 Å². The number of aromatic nitrogens is 2. The molecule has 182 valence electrons. The zero-order valence-corrected chi connectivity index (χ0v) is 20.5. The Bertz CT molecular complexity index is 1400. The third-order valence-corrected chi connectivity index (χ3v) is 7.45. The van der Waals surface area contributed by atoms with Crippen molar-refractivity contribution in [2.24, 2.45) is 0 Å². The number of carbonyl (C=O) groups is 1. The van der Waals surface area contributed by atoms with E-state index in [4.69, 9.17) is 4.74 Å². The number of amides is 1. The molecule has 9 heteroatoms. The van der Waals surface area contributed by atoms with Gasteiger partial charge in [0.05, 0.1) is 21.6 Å². The summed E-state index contributed by atoms with van der Waals surface area (Å²) in [6.45, 7) is 3.86. The van der Waals surface area contributed by atoms with Gasteiger partial charge < -0.3 is 9.30 Å². The van der Waals surface area contributed by atoms with Crippen LogP contribution in [0.15, 0.2) is 83.8 Å². The molecule has 0 saturated carbocycles. The van der Waals surface area contributed by atoms with E-state index >= 15 is 0 Å². The Morgan fingerprint density at radius 3 is 2.40 bits per heavy atom. The van der Waals surface area contributed by atoms with Crippen LogP contribution in [0.2, 0.25) is 0 Å². The van der Waals surface area contributed by atoms with Crippen molar-refractivity contribution >= 4 is 38.6 Å². The minimum Gasteiger partial charge on any atom is -0.382 e. The lowest BCUT2D eigenvalue weighted by Gasteiger charge is -2.19. The predicted molar refractivity (Wildman–Crippen MR) is 137 cm³/mol. The van der Waals surface area contributed by atoms with Gasteiger partial charge in [-0.15, -0.1) is 0 Å². The fourth-order valence-electron chi connectivity index (χ4n) is 3.75. The van der Waals surface area contributed by atoms with E-state index in [9.17, 15) is 13.2 Å². The molecule has 1 aromatic heterocycles. The number of aryl methyl sites for hydroxylation is 1. The second-order valence-corrected chi connectivity index (χ2v) is 9.88. The third-order valence-electron chi connectivity index (χ3n) is 5.65. The standard InChI is InChI=1S/C26H28N4O4S/c1-3-34-19-9-18-30-24-13-8-7-12-23(24)27-26(30)28-25(31)20-14-16-22(17-15-20)35(32,33)29(2)21-10-5-4-6-11-21/h4-8,10-17H,3,9,18-19H2,1-2H3,(H,27,28,31). The predicted octanol–water partition coefficient (Wildman–Crippen LogP) is 4.54. The van der Waals surface area contributed by atoms with Crippen molar-refractivity contribution in [2.75, 3.05) is 29.9 Å². The van der Waals surface area contributed by atoms with Gasteiger partial charge in [-0.25, -0.2) is 13.4 Å². The summed E-state index contributed by atoms with van der Waals surface area (Å²) in [5.74, 6) is 0.0694. The summed E-state index contributed by atoms with van der Waals surface area (Å²) in [7, 11) is -2.26. The van der Waals surface area contributed by atoms with Gasteiger partial charge in [-0.1, -0.05) is 30.3 Å². The second kappa shape index (κ2) is 10.7. The average Bonchev–Trinajstić information content (AvgIpc) is 3.23. The van der Waals surface area contributed by atoms with Gasteiger partial charge in [0, 0.05) is 32.4 Å². The first-order valence-corrected chi connectivity index (χ1v) is 12.8. The van der Waals surface area contributed by atoms with Gasteiger partial charge in [-0.3, -0.25) is 14.4 Å². The molecule has 0 atom stereocenters. The van der Waals surface area contributed by atoms with Gasteiger partial charge in [0.15, 0.2) is 0 Å². The second-order valence-electron chi connectivity index (χ2n) is 7.91. The van der Waals surface area contributed by atoms with E-state index < -0.39 is 10.0 Å². The van der Waals surface area contributed by atoms with Gasteiger partial charge in [-0.05, 0) is 61.9 Å². The van der Waals surface area contributed by atoms with Crippen LogP contribution in [0.1, 0.15) is 23.7 Å². The number of rotatable bonds is 10. The summed E-state index contributed by atoms with van der Waals surface area (Å²) in [6, 6.07) is 22.4. The van der Waals surface area contributed by atoms with Crippen LogP contribution < -0.4 is 9.62 Å². The van der Waals surface area contributed by atoms with Crippen LogP contribution in [0.4, 0.5) is 11.6 Å². The number of hydrogen-bond donors (Lipinski definition) is 1. The highest BCUT2D eigenvalue weighted by Crippen LogP contribution is 2.23. The summed E-state index contributed by atoms with van der Waals surface area (Å²) < 4.78 is 34.6. The summed E-state index contributed by atoms with van der Waals surface area (Å²) in [6.07, 6.45) is 0.776. The maximum atomic E-state index is 13.0. The lowest BCUT2D eigenvalue weighted by Crippen LogP contribution is -2.26. The molecule has 4 rings (SSSR count). The number of fused-ring (bicyclic) bond motifs is 1. The molecule has 3 aromatic carbocycles. The topological polar surface area (TPSA) is 93.5 Å². The normalized spacial score (nSPS) is 11.5. The summed E-state index contributed by atoms with van der Waals surface area (Å²) in [5, 5.41) is 2.88. The Kier molecular flexibility index (Phi) is 7.48. The minimum absolute atomic E-state index is 0.101. The van der Waals surface area contributed by atoms with E-state index in [-0.39, 0.29) is 10.8 Å². The Balaban J connectivity index is 1.53. The number of sulfonamides is 1. The number of nitrogens with zero attached hydrogens (tertiary/aromatic N) is 3. The molecule has 1 N–H and O–H groups in total. The largest absolute Gasteiger partial charge is 0.382 e. The SMILES string of the molecule is CCOCCCn1c(NC(=O)c2ccc(S(=O)(=O)N(C)c3ccccc3)cc2)nc2ccccc21. The summed E-state index contributed by atoms with van der Waals surface area (Å²) in [4.78, 5) is 17.7. The third kappa shape index (κ3) is 5.36. The molecule has 0 aliphatic rings. The molecule has 0 bridgehead atoms. The molecular weight excluding hydrogens is 464 g/mol. The Labute approximate surface area is 205 Å². The van der Waals surface area contributed by atoms with E-state index in [2.05, 4.69) is 10.3 Å². The molecular formula is C26H28N4O4S. The molecule has 0 spiro atoms. The fraction of sp³-hybridized carbons (Fsp3) is 0.231. The van der Waals surface area contributed by atoms with Crippen LogP contribution >= 0.6 is 0 Å². The number of anilines is 2. The van der Waals surface area contributed by atoms with Crippen LogP contribution in [-0.4, -0.2) is 44.1 Å². The zero-order chi connectivity index (χ0) is 24.8. The number of benzene rings is 3. The van der Waals surface area contributed by atoms with Crippen LogP contribution in [0.5, 0.6) is 0 Å². The van der Waals surface area contributed by atoms with Crippen molar-refractivity contribution in [2.45, 2.75) is 24.8 Å². The van der Waals surface area contributed by atoms with E-state index in [0.29, 0.717) is 37.0 Å². The van der Waals surface area contributed by atoms with E-state index in [0.717, 1.165) is 17.5 Å². The monoisotopic (exact) mass is 492 g/mol. The smallest absolute Gasteiger partial charge is 0.264 e. The maximum Gasteiger partial charge on any atom is 0.264 e. The van der Waals surface area contributed by atoms with E-state index in [1.807, 2.05) is 41.8 Å². The number of nitrogens with one attached hydrogen (secondary N) is 1. The van der Waals surface area contributed by atoms with Crippen LogP contribution in [0.25, 0.3) is 11.0 Å². The Morgan fingerprint density at radius 2 is 1.69 bits per heavy atom. The van der Waals surface area contributed by atoms with Gasteiger partial charge >= 0.3 is 0 Å². The molecule has 0 aliphatic carbocycles. The summed E-state index contributed by atoms with van der Waals surface area (Å²) >= 11 is 0. The van der Waals surface area contributed by atoms with Crippen LogP contribution in [0, 0.1) is 0 Å². The molecule has 0 radical (unpaired) electrons. The number of imidazole rings is 1. The molecule has 0 aliphatic heterocycles. The first kappa shape index (κ1) is 24.4. The van der Waals surface area contributed by atoms with Crippen molar-refractivity contribution in [3.8, 4) is 0 Å². The molecule has 35 heavy (non-hydrogen) atoms. The van der Waals surface area contributed by atoms with Gasteiger partial charge in [-0.2, -0.15) is 0 Å². The van der Waals surface area contributed by atoms with E-state index in [1.54, 1.807) is 24.3 Å². The Hall–Kier alpha value is -3.69. The van der Waals surface area contributed by atoms with Crippen molar-refractivity contribution < 1.29 is 17.9 Å². The van der Waals surface area contributed by atoms with Gasteiger partial charge in [0.25, 0.3) is 15.9 Å². The molecule has 4 aromatic rings. The molecule has 1 heterocycles. The lowest BCUT2D eigenvalue weighted by molar-refractivity contribution is 0.102. The molecule has 0 fully saturated rings. The van der Waals surface area contributed by atoms with Crippen molar-refractivity contribution in [3.63, 3.8) is 0 Å². The highest BCUT2D eigenvalue weighted by Gasteiger charge is 2.22. The number of hydrogen-bond acceptors (Lipinski definition) is 5. The molecule has 0 saturated heterocycles. The fourth-order valence-corrected chi connectivity index (χ4v) is 4.95. The maximum absolute atomic E-state index is 13.0.